The number of carbonyl (C=O) groups excluding carboxylic acids is 1. The average Bonchev–Trinajstić information content (AvgIpc) is 2.50. The second-order valence-electron chi connectivity index (χ2n) is 4.23. The van der Waals surface area contributed by atoms with Gasteiger partial charge in [-0.3, -0.25) is 9.78 Å². The Hall–Kier alpha value is -2.40. The molecule has 2 rings (SSSR count). The highest BCUT2D eigenvalue weighted by Gasteiger charge is 2.13. The quantitative estimate of drug-likeness (QED) is 0.682. The molecule has 0 spiro atoms. The first kappa shape index (κ1) is 15.0. The Kier molecular flexibility index (Phi) is 5.29. The molecule has 0 fully saturated rings. The second-order valence-corrected chi connectivity index (χ2v) is 4.67. The Morgan fingerprint density at radius 3 is 2.81 bits per heavy atom. The van der Waals surface area contributed by atoms with Crippen LogP contribution in [0.25, 0.3) is 0 Å². The van der Waals surface area contributed by atoms with E-state index in [1.54, 1.807) is 49.6 Å². The Balaban J connectivity index is 1.85. The van der Waals surface area contributed by atoms with Crippen molar-refractivity contribution in [2.24, 2.45) is 5.10 Å². The lowest BCUT2D eigenvalue weighted by atomic mass is 10.3. The molecular formula is C15H14ClN3O2. The van der Waals surface area contributed by atoms with Crippen molar-refractivity contribution in [2.45, 2.75) is 13.0 Å². The molecular weight excluding hydrogens is 290 g/mol. The Morgan fingerprint density at radius 1 is 1.38 bits per heavy atom. The predicted octanol–water partition coefficient (Wildman–Crippen LogP) is 2.65. The van der Waals surface area contributed by atoms with E-state index in [1.165, 1.54) is 6.21 Å². The molecule has 0 aliphatic rings. The third-order valence-electron chi connectivity index (χ3n) is 2.57. The third kappa shape index (κ3) is 4.89. The molecule has 1 heterocycles. The van der Waals surface area contributed by atoms with E-state index < -0.39 is 6.10 Å². The number of ether oxygens (including phenoxy) is 1. The number of nitrogens with one attached hydrogen (secondary N) is 1. The highest BCUT2D eigenvalue weighted by Crippen LogP contribution is 2.16. The summed E-state index contributed by atoms with van der Waals surface area (Å²) in [6.07, 6.45) is 4.15. The highest BCUT2D eigenvalue weighted by atomic mass is 35.5. The van der Waals surface area contributed by atoms with E-state index in [4.69, 9.17) is 16.3 Å². The summed E-state index contributed by atoms with van der Waals surface area (Å²) in [6.45, 7) is 1.64. The van der Waals surface area contributed by atoms with E-state index in [9.17, 15) is 4.79 Å². The van der Waals surface area contributed by atoms with E-state index in [2.05, 4.69) is 15.5 Å². The maximum absolute atomic E-state index is 11.8. The number of hydrogen-bond donors (Lipinski definition) is 1. The van der Waals surface area contributed by atoms with E-state index in [1.807, 2.05) is 6.07 Å². The van der Waals surface area contributed by atoms with Gasteiger partial charge in [0.15, 0.2) is 6.10 Å². The molecule has 108 valence electrons. The summed E-state index contributed by atoms with van der Waals surface area (Å²) in [5, 5.41) is 4.46. The van der Waals surface area contributed by atoms with Crippen LogP contribution >= 0.6 is 11.6 Å². The van der Waals surface area contributed by atoms with Crippen LogP contribution in [-0.4, -0.2) is 23.2 Å². The molecule has 5 nitrogen and oxygen atoms in total. The summed E-state index contributed by atoms with van der Waals surface area (Å²) < 4.78 is 5.48. The first-order valence-corrected chi connectivity index (χ1v) is 6.68. The number of carbonyl (C=O) groups is 1. The van der Waals surface area contributed by atoms with Crippen LogP contribution in [0.2, 0.25) is 5.02 Å². The topological polar surface area (TPSA) is 63.6 Å². The van der Waals surface area contributed by atoms with Crippen LogP contribution in [0.15, 0.2) is 53.9 Å². The van der Waals surface area contributed by atoms with Gasteiger partial charge in [-0.05, 0) is 37.3 Å². The van der Waals surface area contributed by atoms with Crippen molar-refractivity contribution in [3.63, 3.8) is 0 Å². The number of pyridine rings is 1. The maximum atomic E-state index is 11.8. The standard InChI is InChI=1S/C15H14ClN3O2/c1-11(21-14-6-4-13(16)5-7-14)15(20)19-18-10-12-3-2-8-17-9-12/h2-11H,1H3,(H,19,20)/b18-10-/t11-/m0/s1. The molecule has 0 unspecified atom stereocenters. The molecule has 2 aromatic rings. The zero-order valence-corrected chi connectivity index (χ0v) is 12.1. The summed E-state index contributed by atoms with van der Waals surface area (Å²) in [5.74, 6) is 0.225. The highest BCUT2D eigenvalue weighted by molar-refractivity contribution is 6.30. The van der Waals surface area contributed by atoms with Gasteiger partial charge in [-0.15, -0.1) is 0 Å². The molecule has 0 bridgehead atoms. The lowest BCUT2D eigenvalue weighted by Crippen LogP contribution is -2.33. The van der Waals surface area contributed by atoms with Gasteiger partial charge in [-0.2, -0.15) is 5.10 Å². The molecule has 21 heavy (non-hydrogen) atoms. The monoisotopic (exact) mass is 303 g/mol. The van der Waals surface area contributed by atoms with Crippen LogP contribution in [0, 0.1) is 0 Å². The van der Waals surface area contributed by atoms with Gasteiger partial charge >= 0.3 is 0 Å². The van der Waals surface area contributed by atoms with Crippen molar-refractivity contribution in [1.29, 1.82) is 0 Å². The smallest absolute Gasteiger partial charge is 0.280 e. The minimum Gasteiger partial charge on any atom is -0.481 e. The summed E-state index contributed by atoms with van der Waals surface area (Å²) in [5.41, 5.74) is 3.21. The summed E-state index contributed by atoms with van der Waals surface area (Å²) in [4.78, 5) is 15.8. The van der Waals surface area contributed by atoms with Crippen LogP contribution in [0.4, 0.5) is 0 Å². The van der Waals surface area contributed by atoms with Crippen LogP contribution in [0.3, 0.4) is 0 Å². The second kappa shape index (κ2) is 7.40. The van der Waals surface area contributed by atoms with Crippen LogP contribution in [0.1, 0.15) is 12.5 Å². The first-order valence-electron chi connectivity index (χ1n) is 6.30. The molecule has 1 atom stereocenters. The molecule has 0 aliphatic carbocycles. The fourth-order valence-electron chi connectivity index (χ4n) is 1.48. The largest absolute Gasteiger partial charge is 0.481 e. The van der Waals surface area contributed by atoms with Crippen LogP contribution in [-0.2, 0) is 4.79 Å². The zero-order valence-electron chi connectivity index (χ0n) is 11.4. The van der Waals surface area contributed by atoms with Gasteiger partial charge in [0.1, 0.15) is 5.75 Å². The van der Waals surface area contributed by atoms with Gasteiger partial charge in [0.2, 0.25) is 0 Å². The lowest BCUT2D eigenvalue weighted by Gasteiger charge is -2.12. The van der Waals surface area contributed by atoms with E-state index >= 15 is 0 Å². The number of hydrazone groups is 1. The third-order valence-corrected chi connectivity index (χ3v) is 2.82. The predicted molar refractivity (Wildman–Crippen MR) is 81.5 cm³/mol. The molecule has 0 aliphatic heterocycles. The van der Waals surface area contributed by atoms with Crippen molar-refractivity contribution in [3.8, 4) is 5.75 Å². The van der Waals surface area contributed by atoms with Crippen molar-refractivity contribution in [1.82, 2.24) is 10.4 Å². The molecule has 1 aromatic carbocycles. The lowest BCUT2D eigenvalue weighted by molar-refractivity contribution is -0.127. The molecule has 1 aromatic heterocycles. The molecule has 0 saturated heterocycles. The van der Waals surface area contributed by atoms with Gasteiger partial charge < -0.3 is 4.74 Å². The SMILES string of the molecule is C[C@H](Oc1ccc(Cl)cc1)C(=O)N/N=C\c1cccnc1. The number of hydrogen-bond acceptors (Lipinski definition) is 4. The first-order chi connectivity index (χ1) is 10.1. The molecule has 0 radical (unpaired) electrons. The normalized spacial score (nSPS) is 12.1. The van der Waals surface area contributed by atoms with Crippen LogP contribution < -0.4 is 10.2 Å². The van der Waals surface area contributed by atoms with E-state index in [-0.39, 0.29) is 5.91 Å². The molecule has 1 N–H and O–H groups in total. The number of amides is 1. The van der Waals surface area contributed by atoms with Crippen molar-refractivity contribution >= 4 is 23.7 Å². The van der Waals surface area contributed by atoms with Gasteiger partial charge in [0, 0.05) is 23.0 Å². The average molecular weight is 304 g/mol. The molecule has 0 saturated carbocycles. The number of rotatable bonds is 5. The number of nitrogens with zero attached hydrogens (tertiary/aromatic N) is 2. The van der Waals surface area contributed by atoms with E-state index in [0.29, 0.717) is 10.8 Å². The van der Waals surface area contributed by atoms with Crippen molar-refractivity contribution < 1.29 is 9.53 Å². The summed E-state index contributed by atoms with van der Waals surface area (Å²) in [7, 11) is 0. The van der Waals surface area contributed by atoms with Crippen LogP contribution in [0.5, 0.6) is 5.75 Å². The Bertz CT molecular complexity index is 615. The maximum Gasteiger partial charge on any atom is 0.280 e. The van der Waals surface area contributed by atoms with Crippen molar-refractivity contribution in [2.75, 3.05) is 0 Å². The van der Waals surface area contributed by atoms with Crippen molar-refractivity contribution in [3.05, 3.63) is 59.4 Å². The minimum atomic E-state index is -0.669. The Labute approximate surface area is 127 Å². The van der Waals surface area contributed by atoms with Gasteiger partial charge in [-0.25, -0.2) is 5.43 Å². The van der Waals surface area contributed by atoms with Gasteiger partial charge in [0.25, 0.3) is 5.91 Å². The molecule has 6 heteroatoms. The fraction of sp³-hybridized carbons (Fsp3) is 0.133. The number of benzene rings is 1. The summed E-state index contributed by atoms with van der Waals surface area (Å²) in [6, 6.07) is 10.4. The van der Waals surface area contributed by atoms with Gasteiger partial charge in [-0.1, -0.05) is 17.7 Å². The summed E-state index contributed by atoms with van der Waals surface area (Å²) >= 11 is 5.78. The van der Waals surface area contributed by atoms with Gasteiger partial charge in [0.05, 0.1) is 6.21 Å². The number of halogens is 1. The fourth-order valence-corrected chi connectivity index (χ4v) is 1.61. The molecule has 1 amide bonds. The zero-order chi connectivity index (χ0) is 15.1. The van der Waals surface area contributed by atoms with E-state index in [0.717, 1.165) is 5.56 Å². The Morgan fingerprint density at radius 2 is 2.14 bits per heavy atom. The number of aromatic nitrogens is 1. The minimum absolute atomic E-state index is 0.343.